The van der Waals surface area contributed by atoms with Gasteiger partial charge in [-0.3, -0.25) is 9.69 Å². The molecule has 6 heteroatoms. The summed E-state index contributed by atoms with van der Waals surface area (Å²) in [7, 11) is 0. The number of benzene rings is 1. The minimum atomic E-state index is -0.473. The van der Waals surface area contributed by atoms with Gasteiger partial charge >= 0.3 is 6.03 Å². The van der Waals surface area contributed by atoms with Crippen LogP contribution in [0.3, 0.4) is 0 Å². The van der Waals surface area contributed by atoms with Crippen LogP contribution in [0.5, 0.6) is 0 Å². The van der Waals surface area contributed by atoms with Gasteiger partial charge in [0, 0.05) is 18.4 Å². The molecular weight excluding hydrogens is 309 g/mol. The number of halogens is 1. The molecule has 1 aliphatic rings. The molecule has 0 spiro atoms. The van der Waals surface area contributed by atoms with E-state index < -0.39 is 6.03 Å². The van der Waals surface area contributed by atoms with E-state index in [1.807, 2.05) is 23.0 Å². The van der Waals surface area contributed by atoms with Crippen molar-refractivity contribution in [2.45, 2.75) is 26.4 Å². The first-order valence-electron chi connectivity index (χ1n) is 7.70. The molecule has 0 bridgehead atoms. The lowest BCUT2D eigenvalue weighted by Crippen LogP contribution is -2.30. The van der Waals surface area contributed by atoms with E-state index in [4.69, 9.17) is 0 Å². The highest BCUT2D eigenvalue weighted by Gasteiger charge is 2.33. The van der Waals surface area contributed by atoms with Gasteiger partial charge < -0.3 is 9.88 Å². The summed E-state index contributed by atoms with van der Waals surface area (Å²) in [5.74, 6) is -0.743. The lowest BCUT2D eigenvalue weighted by atomic mass is 10.2. The zero-order valence-corrected chi connectivity index (χ0v) is 13.5. The first-order valence-corrected chi connectivity index (χ1v) is 7.70. The van der Waals surface area contributed by atoms with Crippen molar-refractivity contribution in [3.8, 4) is 0 Å². The lowest BCUT2D eigenvalue weighted by molar-refractivity contribution is -0.123. The van der Waals surface area contributed by atoms with Gasteiger partial charge in [-0.25, -0.2) is 9.18 Å². The second-order valence-corrected chi connectivity index (χ2v) is 5.99. The van der Waals surface area contributed by atoms with Crippen LogP contribution in [0.1, 0.15) is 31.0 Å². The molecule has 1 aromatic heterocycles. The smallest absolute Gasteiger partial charge is 0.329 e. The molecule has 5 nitrogen and oxygen atoms in total. The van der Waals surface area contributed by atoms with Crippen LogP contribution in [0.15, 0.2) is 48.4 Å². The summed E-state index contributed by atoms with van der Waals surface area (Å²) < 4.78 is 15.0. The summed E-state index contributed by atoms with van der Waals surface area (Å²) in [6, 6.07) is 7.45. The van der Waals surface area contributed by atoms with Crippen molar-refractivity contribution in [3.63, 3.8) is 0 Å². The molecule has 24 heavy (non-hydrogen) atoms. The number of nitrogens with zero attached hydrogens (tertiary/aromatic N) is 2. The van der Waals surface area contributed by atoms with E-state index in [-0.39, 0.29) is 24.0 Å². The summed E-state index contributed by atoms with van der Waals surface area (Å²) in [5, 5.41) is 2.59. The Labute approximate surface area is 139 Å². The van der Waals surface area contributed by atoms with Crippen LogP contribution in [-0.2, 0) is 11.3 Å². The van der Waals surface area contributed by atoms with Crippen molar-refractivity contribution in [2.75, 3.05) is 0 Å². The number of aromatic nitrogens is 1. The van der Waals surface area contributed by atoms with E-state index in [2.05, 4.69) is 19.2 Å². The van der Waals surface area contributed by atoms with Crippen molar-refractivity contribution in [2.24, 2.45) is 0 Å². The summed E-state index contributed by atoms with van der Waals surface area (Å²) >= 11 is 0. The molecule has 3 rings (SSSR count). The second-order valence-electron chi connectivity index (χ2n) is 5.99. The maximum Gasteiger partial charge on any atom is 0.329 e. The molecule has 0 unspecified atom stereocenters. The average molecular weight is 327 g/mol. The molecule has 0 atom stereocenters. The molecule has 0 aliphatic carbocycles. The van der Waals surface area contributed by atoms with Crippen molar-refractivity contribution in [3.05, 3.63) is 65.4 Å². The van der Waals surface area contributed by atoms with Gasteiger partial charge in [-0.1, -0.05) is 12.1 Å². The maximum atomic E-state index is 12.9. The Morgan fingerprint density at radius 2 is 1.88 bits per heavy atom. The van der Waals surface area contributed by atoms with E-state index in [0.717, 1.165) is 10.5 Å². The number of imide groups is 1. The highest BCUT2D eigenvalue weighted by molar-refractivity contribution is 6.13. The number of hydrogen-bond acceptors (Lipinski definition) is 2. The van der Waals surface area contributed by atoms with Crippen LogP contribution in [0.4, 0.5) is 9.18 Å². The van der Waals surface area contributed by atoms with E-state index in [0.29, 0.717) is 11.6 Å². The van der Waals surface area contributed by atoms with Crippen molar-refractivity contribution in [1.29, 1.82) is 0 Å². The lowest BCUT2D eigenvalue weighted by Gasteiger charge is -2.11. The fourth-order valence-electron chi connectivity index (χ4n) is 2.49. The van der Waals surface area contributed by atoms with Crippen molar-refractivity contribution >= 4 is 18.0 Å². The SMILES string of the molecule is CC(C)n1ccc(/C=C2/NC(=O)N(Cc3ccc(F)cc3)C2=O)c1. The van der Waals surface area contributed by atoms with E-state index in [1.165, 1.54) is 12.1 Å². The quantitative estimate of drug-likeness (QED) is 0.692. The van der Waals surface area contributed by atoms with Crippen molar-refractivity contribution in [1.82, 2.24) is 14.8 Å². The third-order valence-electron chi connectivity index (χ3n) is 3.86. The highest BCUT2D eigenvalue weighted by atomic mass is 19.1. The van der Waals surface area contributed by atoms with Crippen molar-refractivity contribution < 1.29 is 14.0 Å². The van der Waals surface area contributed by atoms with Crippen LogP contribution in [0.2, 0.25) is 0 Å². The normalized spacial score (nSPS) is 16.3. The Kier molecular flexibility index (Phi) is 4.20. The van der Waals surface area contributed by atoms with Crippen LogP contribution in [0, 0.1) is 5.82 Å². The van der Waals surface area contributed by atoms with Gasteiger partial charge in [-0.05, 0) is 49.2 Å². The summed E-state index contributed by atoms with van der Waals surface area (Å²) in [6.45, 7) is 4.23. The Bertz CT molecular complexity index is 806. The minimum absolute atomic E-state index is 0.106. The third kappa shape index (κ3) is 3.22. The minimum Gasteiger partial charge on any atom is -0.351 e. The van der Waals surface area contributed by atoms with Crippen LogP contribution in [0.25, 0.3) is 6.08 Å². The molecule has 1 saturated heterocycles. The zero-order valence-electron chi connectivity index (χ0n) is 13.5. The first-order chi connectivity index (χ1) is 11.4. The average Bonchev–Trinajstić information content (AvgIpc) is 3.10. The summed E-state index contributed by atoms with van der Waals surface area (Å²) in [5.41, 5.74) is 1.77. The monoisotopic (exact) mass is 327 g/mol. The molecule has 1 N–H and O–H groups in total. The number of carbonyl (C=O) groups is 2. The largest absolute Gasteiger partial charge is 0.351 e. The zero-order chi connectivity index (χ0) is 17.3. The molecule has 1 fully saturated rings. The standard InChI is InChI=1S/C18H18FN3O2/c1-12(2)21-8-7-14(10-21)9-16-17(23)22(18(24)20-16)11-13-3-5-15(19)6-4-13/h3-10,12H,11H2,1-2H3,(H,20,24)/b16-9+. The van der Waals surface area contributed by atoms with Gasteiger partial charge in [0.05, 0.1) is 6.54 Å². The summed E-state index contributed by atoms with van der Waals surface area (Å²) in [6.07, 6.45) is 5.50. The Morgan fingerprint density at radius 3 is 2.50 bits per heavy atom. The van der Waals surface area contributed by atoms with Gasteiger partial charge in [0.2, 0.25) is 0 Å². The number of rotatable bonds is 4. The number of hydrogen-bond donors (Lipinski definition) is 1. The fraction of sp³-hybridized carbons (Fsp3) is 0.222. The topological polar surface area (TPSA) is 54.3 Å². The van der Waals surface area contributed by atoms with E-state index >= 15 is 0 Å². The van der Waals surface area contributed by atoms with Gasteiger partial charge in [0.25, 0.3) is 5.91 Å². The van der Waals surface area contributed by atoms with Crippen LogP contribution >= 0.6 is 0 Å². The van der Waals surface area contributed by atoms with Crippen LogP contribution < -0.4 is 5.32 Å². The van der Waals surface area contributed by atoms with Gasteiger partial charge in [0.1, 0.15) is 11.5 Å². The van der Waals surface area contributed by atoms with Gasteiger partial charge in [-0.2, -0.15) is 0 Å². The van der Waals surface area contributed by atoms with E-state index in [9.17, 15) is 14.0 Å². The molecule has 2 aromatic rings. The van der Waals surface area contributed by atoms with Gasteiger partial charge in [0.15, 0.2) is 0 Å². The number of nitrogens with one attached hydrogen (secondary N) is 1. The Morgan fingerprint density at radius 1 is 1.17 bits per heavy atom. The predicted octanol–water partition coefficient (Wildman–Crippen LogP) is 3.30. The fourth-order valence-corrected chi connectivity index (χ4v) is 2.49. The van der Waals surface area contributed by atoms with Gasteiger partial charge in [-0.15, -0.1) is 0 Å². The molecule has 3 amide bonds. The molecule has 0 saturated carbocycles. The maximum absolute atomic E-state index is 12.9. The second kappa shape index (κ2) is 6.31. The number of carbonyl (C=O) groups excluding carboxylic acids is 2. The molecule has 0 radical (unpaired) electrons. The molecule has 2 heterocycles. The first kappa shape index (κ1) is 16.0. The molecular formula is C18H18FN3O2. The summed E-state index contributed by atoms with van der Waals surface area (Å²) in [4.78, 5) is 25.6. The Balaban J connectivity index is 1.77. The highest BCUT2D eigenvalue weighted by Crippen LogP contribution is 2.18. The number of urea groups is 1. The Hall–Kier alpha value is -2.89. The number of amides is 3. The third-order valence-corrected chi connectivity index (χ3v) is 3.86. The van der Waals surface area contributed by atoms with E-state index in [1.54, 1.807) is 18.2 Å². The molecule has 1 aromatic carbocycles. The van der Waals surface area contributed by atoms with Crippen LogP contribution in [-0.4, -0.2) is 21.4 Å². The molecule has 124 valence electrons. The predicted molar refractivity (Wildman–Crippen MR) is 88.3 cm³/mol. The molecule has 1 aliphatic heterocycles.